The molecule has 1 fully saturated rings. The zero-order valence-corrected chi connectivity index (χ0v) is 21.1. The van der Waals surface area contributed by atoms with Crippen molar-refractivity contribution in [3.63, 3.8) is 0 Å². The van der Waals surface area contributed by atoms with Gasteiger partial charge in [-0.3, -0.25) is 14.5 Å². The number of nitrogens with zero attached hydrogens (tertiary/aromatic N) is 2. The van der Waals surface area contributed by atoms with Crippen molar-refractivity contribution in [1.82, 2.24) is 4.98 Å². The molecule has 37 heavy (non-hydrogen) atoms. The van der Waals surface area contributed by atoms with Crippen LogP contribution in [0.15, 0.2) is 66.2 Å². The number of aliphatic hydroxyl groups excluding tert-OH is 1. The minimum atomic E-state index is -1.00. The number of hydrogen-bond acceptors (Lipinski definition) is 7. The van der Waals surface area contributed by atoms with Gasteiger partial charge in [0.05, 0.1) is 35.5 Å². The molecular formula is C28H23FN2O5S. The van der Waals surface area contributed by atoms with Crippen molar-refractivity contribution < 1.29 is 28.6 Å². The van der Waals surface area contributed by atoms with E-state index in [0.717, 1.165) is 16.9 Å². The Morgan fingerprint density at radius 3 is 2.54 bits per heavy atom. The summed E-state index contributed by atoms with van der Waals surface area (Å²) in [6, 6.07) is 15.2. The second-order valence-corrected chi connectivity index (χ2v) is 9.50. The third-order valence-electron chi connectivity index (χ3n) is 6.12. The van der Waals surface area contributed by atoms with Crippen molar-refractivity contribution in [2.75, 3.05) is 18.6 Å². The van der Waals surface area contributed by atoms with Crippen LogP contribution in [0.25, 0.3) is 16.0 Å². The van der Waals surface area contributed by atoms with Crippen LogP contribution in [0.2, 0.25) is 0 Å². The van der Waals surface area contributed by atoms with Crippen LogP contribution in [0.1, 0.15) is 29.7 Å². The highest BCUT2D eigenvalue weighted by Gasteiger charge is 2.48. The van der Waals surface area contributed by atoms with E-state index in [4.69, 9.17) is 9.47 Å². The monoisotopic (exact) mass is 518 g/mol. The van der Waals surface area contributed by atoms with Crippen LogP contribution in [0.4, 0.5) is 9.52 Å². The van der Waals surface area contributed by atoms with Gasteiger partial charge in [0.1, 0.15) is 11.6 Å². The van der Waals surface area contributed by atoms with Crippen LogP contribution in [-0.4, -0.2) is 35.5 Å². The fourth-order valence-corrected chi connectivity index (χ4v) is 5.35. The van der Waals surface area contributed by atoms with Gasteiger partial charge in [0, 0.05) is 5.56 Å². The lowest BCUT2D eigenvalue weighted by molar-refractivity contribution is -0.132. The number of aryl methyl sites for hydroxylation is 1. The number of carbonyl (C=O) groups excluding carboxylic acids is 2. The Balaban J connectivity index is 1.73. The maximum Gasteiger partial charge on any atom is 0.301 e. The molecule has 4 aromatic rings. The largest absolute Gasteiger partial charge is 0.507 e. The molecule has 0 saturated carbocycles. The molecule has 1 N–H and O–H groups in total. The van der Waals surface area contributed by atoms with E-state index >= 15 is 0 Å². The highest BCUT2D eigenvalue weighted by molar-refractivity contribution is 7.22. The molecule has 3 aromatic carbocycles. The maximum atomic E-state index is 13.8. The van der Waals surface area contributed by atoms with Gasteiger partial charge >= 0.3 is 5.91 Å². The van der Waals surface area contributed by atoms with Gasteiger partial charge < -0.3 is 14.6 Å². The van der Waals surface area contributed by atoms with E-state index in [9.17, 15) is 19.1 Å². The summed E-state index contributed by atoms with van der Waals surface area (Å²) in [5.74, 6) is -1.51. The number of amides is 1. The van der Waals surface area contributed by atoms with Crippen molar-refractivity contribution in [1.29, 1.82) is 0 Å². The molecule has 188 valence electrons. The van der Waals surface area contributed by atoms with E-state index in [0.29, 0.717) is 39.4 Å². The van der Waals surface area contributed by atoms with Gasteiger partial charge in [0.25, 0.3) is 5.78 Å². The van der Waals surface area contributed by atoms with Gasteiger partial charge in [-0.15, -0.1) is 0 Å². The van der Waals surface area contributed by atoms with Crippen molar-refractivity contribution in [3.8, 4) is 11.5 Å². The molecule has 0 radical (unpaired) electrons. The lowest BCUT2D eigenvalue weighted by Gasteiger charge is -2.24. The molecule has 2 heterocycles. The number of carbonyl (C=O) groups is 2. The molecule has 1 aromatic heterocycles. The number of methoxy groups -OCH3 is 1. The van der Waals surface area contributed by atoms with E-state index in [1.54, 1.807) is 30.3 Å². The third kappa shape index (κ3) is 4.31. The Kier molecular flexibility index (Phi) is 6.39. The quantitative estimate of drug-likeness (QED) is 0.198. The number of ketones is 1. The van der Waals surface area contributed by atoms with Crippen LogP contribution in [0, 0.1) is 12.7 Å². The molecule has 1 aliphatic rings. The first-order valence-corrected chi connectivity index (χ1v) is 12.4. The van der Waals surface area contributed by atoms with Gasteiger partial charge in [0.15, 0.2) is 16.6 Å². The van der Waals surface area contributed by atoms with Crippen LogP contribution in [0.3, 0.4) is 0 Å². The van der Waals surface area contributed by atoms with Crippen LogP contribution >= 0.6 is 11.3 Å². The Morgan fingerprint density at radius 2 is 1.84 bits per heavy atom. The van der Waals surface area contributed by atoms with Crippen molar-refractivity contribution >= 4 is 44.1 Å². The molecule has 7 nitrogen and oxygen atoms in total. The number of rotatable bonds is 6. The van der Waals surface area contributed by atoms with E-state index in [-0.39, 0.29) is 16.5 Å². The highest BCUT2D eigenvalue weighted by atomic mass is 32.1. The second kappa shape index (κ2) is 9.67. The smallest absolute Gasteiger partial charge is 0.301 e. The zero-order valence-electron chi connectivity index (χ0n) is 20.3. The molecule has 9 heteroatoms. The van der Waals surface area contributed by atoms with Crippen LogP contribution in [0.5, 0.6) is 11.5 Å². The fraction of sp³-hybridized carbons (Fsp3) is 0.179. The van der Waals surface area contributed by atoms with Crippen molar-refractivity contribution in [2.45, 2.75) is 19.9 Å². The lowest BCUT2D eigenvalue weighted by Crippen LogP contribution is -2.29. The summed E-state index contributed by atoms with van der Waals surface area (Å²) in [7, 11) is 1.49. The minimum Gasteiger partial charge on any atom is -0.507 e. The number of aliphatic hydroxyl groups is 1. The third-order valence-corrected chi connectivity index (χ3v) is 7.14. The van der Waals surface area contributed by atoms with Gasteiger partial charge in [-0.2, -0.15) is 0 Å². The Bertz CT molecular complexity index is 1560. The number of anilines is 1. The predicted octanol–water partition coefficient (Wildman–Crippen LogP) is 5.78. The first-order valence-electron chi connectivity index (χ1n) is 11.6. The molecule has 1 unspecified atom stereocenters. The highest BCUT2D eigenvalue weighted by Crippen LogP contribution is 2.45. The Labute approximate surface area is 216 Å². The Morgan fingerprint density at radius 1 is 1.08 bits per heavy atom. The summed E-state index contributed by atoms with van der Waals surface area (Å²) < 4.78 is 25.5. The molecule has 1 aliphatic heterocycles. The Hall–Kier alpha value is -4.24. The summed E-state index contributed by atoms with van der Waals surface area (Å²) in [5.41, 5.74) is 2.30. The van der Waals surface area contributed by atoms with Crippen molar-refractivity contribution in [2.24, 2.45) is 0 Å². The van der Waals surface area contributed by atoms with E-state index in [2.05, 4.69) is 4.98 Å². The summed E-state index contributed by atoms with van der Waals surface area (Å²) in [6.45, 7) is 4.18. The summed E-state index contributed by atoms with van der Waals surface area (Å²) in [5, 5.41) is 11.5. The standard InChI is InChI=1S/C28H23FN2O5S/c1-4-36-20-12-9-17(13-21(20)35-3)24-23(25(32)16-7-5-15(2)6-8-16)26(33)27(34)31(24)28-30-19-11-10-18(29)14-22(19)37-28/h5-14,24,32H,4H2,1-3H3/b25-23+. The minimum absolute atomic E-state index is 0.0782. The van der Waals surface area contributed by atoms with E-state index in [1.807, 2.05) is 26.0 Å². The van der Waals surface area contributed by atoms with Crippen LogP contribution < -0.4 is 14.4 Å². The molecule has 0 bridgehead atoms. The topological polar surface area (TPSA) is 89.0 Å². The molecule has 1 atom stereocenters. The van der Waals surface area contributed by atoms with Gasteiger partial charge in [-0.1, -0.05) is 47.2 Å². The van der Waals surface area contributed by atoms with Gasteiger partial charge in [-0.25, -0.2) is 9.37 Å². The number of fused-ring (bicyclic) bond motifs is 1. The lowest BCUT2D eigenvalue weighted by atomic mass is 9.95. The SMILES string of the molecule is CCOc1ccc(C2/C(=C(\O)c3ccc(C)cc3)C(=O)C(=O)N2c2nc3ccc(F)cc3s2)cc1OC. The van der Waals surface area contributed by atoms with Crippen molar-refractivity contribution in [3.05, 3.63) is 88.7 Å². The molecule has 0 aliphatic carbocycles. The number of aromatic nitrogens is 1. The number of thiazole rings is 1. The summed E-state index contributed by atoms with van der Waals surface area (Å²) >= 11 is 1.09. The van der Waals surface area contributed by atoms with Gasteiger partial charge in [-0.05, 0) is 49.7 Å². The zero-order chi connectivity index (χ0) is 26.3. The second-order valence-electron chi connectivity index (χ2n) is 8.49. The fourth-order valence-electron chi connectivity index (χ4n) is 4.33. The average Bonchev–Trinajstić information content (AvgIpc) is 3.42. The molecule has 0 spiro atoms. The summed E-state index contributed by atoms with van der Waals surface area (Å²) in [4.78, 5) is 32.6. The van der Waals surface area contributed by atoms with Gasteiger partial charge in [0.2, 0.25) is 0 Å². The molecule has 1 amide bonds. The molecular weight excluding hydrogens is 495 g/mol. The number of benzene rings is 3. The number of hydrogen-bond donors (Lipinski definition) is 1. The number of Topliss-reactive ketones (excluding diaryl/α,β-unsaturated/α-hetero) is 1. The maximum absolute atomic E-state index is 13.8. The van der Waals surface area contributed by atoms with E-state index in [1.165, 1.54) is 30.2 Å². The first kappa shape index (κ1) is 24.5. The normalized spacial score (nSPS) is 17.0. The van der Waals surface area contributed by atoms with E-state index < -0.39 is 23.5 Å². The predicted molar refractivity (Wildman–Crippen MR) is 140 cm³/mol. The van der Waals surface area contributed by atoms with Crippen LogP contribution in [-0.2, 0) is 9.59 Å². The average molecular weight is 519 g/mol. The summed E-state index contributed by atoms with van der Waals surface area (Å²) in [6.07, 6.45) is 0. The molecule has 1 saturated heterocycles. The number of ether oxygens (including phenoxy) is 2. The molecule has 5 rings (SSSR count). The number of halogens is 1. The first-order chi connectivity index (χ1) is 17.8.